The van der Waals surface area contributed by atoms with Crippen molar-refractivity contribution in [3.8, 4) is 0 Å². The molecule has 1 aromatic rings. The number of esters is 1. The Balaban J connectivity index is 1.35. The van der Waals surface area contributed by atoms with E-state index in [0.717, 1.165) is 16.7 Å². The molecule has 1 amide bonds. The smallest absolute Gasteiger partial charge is 0.316 e. The molecule has 4 atom stereocenters. The van der Waals surface area contributed by atoms with Crippen molar-refractivity contribution in [3.05, 3.63) is 29.3 Å². The van der Waals surface area contributed by atoms with Crippen molar-refractivity contribution in [2.45, 2.75) is 43.5 Å². The lowest BCUT2D eigenvalue weighted by atomic mass is 9.84. The van der Waals surface area contributed by atoms with Gasteiger partial charge >= 0.3 is 5.97 Å². The van der Waals surface area contributed by atoms with Crippen LogP contribution in [0.15, 0.2) is 29.2 Å². The van der Waals surface area contributed by atoms with Crippen molar-refractivity contribution in [1.82, 2.24) is 5.32 Å². The number of carbonyl (C=O) groups excluding carboxylic acids is 2. The highest BCUT2D eigenvalue weighted by atomic mass is 35.5. The van der Waals surface area contributed by atoms with Crippen LogP contribution in [0, 0.1) is 17.8 Å². The van der Waals surface area contributed by atoms with Gasteiger partial charge in [0.2, 0.25) is 0 Å². The summed E-state index contributed by atoms with van der Waals surface area (Å²) in [6.45, 7) is 1.85. The van der Waals surface area contributed by atoms with E-state index in [1.54, 1.807) is 6.07 Å². The highest BCUT2D eigenvalue weighted by molar-refractivity contribution is 8.00. The zero-order chi connectivity index (χ0) is 17.8. The molecular formula is C19H24ClNO3S. The first-order valence-electron chi connectivity index (χ1n) is 8.85. The molecule has 1 N–H and O–H groups in total. The lowest BCUT2D eigenvalue weighted by Crippen LogP contribution is -2.42. The second kappa shape index (κ2) is 8.45. The Hall–Kier alpha value is -1.20. The molecule has 2 aliphatic rings. The Bertz CT molecular complexity index is 639. The fourth-order valence-corrected chi connectivity index (χ4v) is 5.23. The van der Waals surface area contributed by atoms with Gasteiger partial charge in [0.25, 0.3) is 5.91 Å². The summed E-state index contributed by atoms with van der Waals surface area (Å²) < 4.78 is 5.08. The number of halogens is 1. The molecule has 2 bridgehead atoms. The molecule has 4 unspecified atom stereocenters. The van der Waals surface area contributed by atoms with Gasteiger partial charge < -0.3 is 10.1 Å². The van der Waals surface area contributed by atoms with Crippen LogP contribution < -0.4 is 5.32 Å². The molecule has 3 rings (SSSR count). The van der Waals surface area contributed by atoms with E-state index in [2.05, 4.69) is 12.2 Å². The third kappa shape index (κ3) is 4.91. The summed E-state index contributed by atoms with van der Waals surface area (Å²) in [6.07, 6.45) is 5.19. The monoisotopic (exact) mass is 381 g/mol. The van der Waals surface area contributed by atoms with Gasteiger partial charge in [0.15, 0.2) is 6.61 Å². The van der Waals surface area contributed by atoms with E-state index < -0.39 is 5.97 Å². The molecule has 0 aromatic heterocycles. The predicted molar refractivity (Wildman–Crippen MR) is 99.7 cm³/mol. The summed E-state index contributed by atoms with van der Waals surface area (Å²) in [5.74, 6) is 1.70. The van der Waals surface area contributed by atoms with Crippen LogP contribution in [-0.2, 0) is 14.3 Å². The minimum atomic E-state index is -0.410. The number of rotatable bonds is 7. The summed E-state index contributed by atoms with van der Waals surface area (Å²) >= 11 is 7.36. The first-order chi connectivity index (χ1) is 12.0. The van der Waals surface area contributed by atoms with Gasteiger partial charge in [0, 0.05) is 10.9 Å². The van der Waals surface area contributed by atoms with E-state index in [4.69, 9.17) is 16.3 Å². The third-order valence-electron chi connectivity index (χ3n) is 5.37. The highest BCUT2D eigenvalue weighted by Crippen LogP contribution is 2.49. The third-order valence-corrected chi connectivity index (χ3v) is 6.86. The van der Waals surface area contributed by atoms with Crippen LogP contribution in [0.2, 0.25) is 5.02 Å². The maximum atomic E-state index is 12.0. The van der Waals surface area contributed by atoms with Gasteiger partial charge in [-0.05, 0) is 56.1 Å². The van der Waals surface area contributed by atoms with Crippen LogP contribution in [0.4, 0.5) is 0 Å². The van der Waals surface area contributed by atoms with Crippen LogP contribution in [-0.4, -0.2) is 30.3 Å². The van der Waals surface area contributed by atoms with Crippen molar-refractivity contribution >= 4 is 35.2 Å². The molecule has 136 valence electrons. The summed E-state index contributed by atoms with van der Waals surface area (Å²) in [5, 5.41) is 3.61. The average Bonchev–Trinajstić information content (AvgIpc) is 3.22. The lowest BCUT2D eigenvalue weighted by Gasteiger charge is -2.28. The van der Waals surface area contributed by atoms with E-state index in [1.165, 1.54) is 37.4 Å². The van der Waals surface area contributed by atoms with Crippen molar-refractivity contribution in [2.24, 2.45) is 17.8 Å². The number of fused-ring (bicyclic) bond motifs is 2. The van der Waals surface area contributed by atoms with Crippen molar-refractivity contribution in [3.63, 3.8) is 0 Å². The van der Waals surface area contributed by atoms with E-state index in [9.17, 15) is 9.59 Å². The van der Waals surface area contributed by atoms with E-state index in [1.807, 2.05) is 18.2 Å². The molecule has 6 heteroatoms. The van der Waals surface area contributed by atoms with Crippen LogP contribution in [0.25, 0.3) is 0 Å². The van der Waals surface area contributed by atoms with Gasteiger partial charge in [0.05, 0.1) is 10.8 Å². The number of benzene rings is 1. The number of amides is 1. The van der Waals surface area contributed by atoms with Crippen molar-refractivity contribution in [1.29, 1.82) is 0 Å². The molecule has 0 aliphatic heterocycles. The zero-order valence-corrected chi connectivity index (χ0v) is 15.9. The largest absolute Gasteiger partial charge is 0.455 e. The molecule has 0 heterocycles. The molecule has 0 radical (unpaired) electrons. The summed E-state index contributed by atoms with van der Waals surface area (Å²) in [6, 6.07) is 7.49. The predicted octanol–water partition coefficient (Wildman–Crippen LogP) is 3.92. The molecule has 2 fully saturated rings. The quantitative estimate of drug-likeness (QED) is 0.574. The van der Waals surface area contributed by atoms with E-state index >= 15 is 0 Å². The highest BCUT2D eigenvalue weighted by Gasteiger charge is 2.42. The molecular weight excluding hydrogens is 358 g/mol. The number of hydrogen-bond donors (Lipinski definition) is 1. The van der Waals surface area contributed by atoms with Crippen molar-refractivity contribution in [2.75, 3.05) is 12.4 Å². The Morgan fingerprint density at radius 1 is 1.32 bits per heavy atom. The summed E-state index contributed by atoms with van der Waals surface area (Å²) in [4.78, 5) is 24.7. The van der Waals surface area contributed by atoms with Gasteiger partial charge in [-0.1, -0.05) is 30.2 Å². The molecule has 0 saturated heterocycles. The maximum absolute atomic E-state index is 12.0. The normalized spacial score (nSPS) is 25.6. The first kappa shape index (κ1) is 18.6. The Morgan fingerprint density at radius 3 is 2.80 bits per heavy atom. The second-order valence-electron chi connectivity index (χ2n) is 7.07. The number of hydrogen-bond acceptors (Lipinski definition) is 4. The van der Waals surface area contributed by atoms with Gasteiger partial charge in [0.1, 0.15) is 0 Å². The number of ether oxygens (including phenoxy) is 1. The summed E-state index contributed by atoms with van der Waals surface area (Å²) in [5.41, 5.74) is 0. The fraction of sp³-hybridized carbons (Fsp3) is 0.579. The maximum Gasteiger partial charge on any atom is 0.316 e. The van der Waals surface area contributed by atoms with Gasteiger partial charge in [-0.25, -0.2) is 0 Å². The second-order valence-corrected chi connectivity index (χ2v) is 8.50. The zero-order valence-electron chi connectivity index (χ0n) is 14.4. The van der Waals surface area contributed by atoms with Crippen LogP contribution in [0.5, 0.6) is 0 Å². The van der Waals surface area contributed by atoms with Crippen LogP contribution >= 0.6 is 23.4 Å². The fourth-order valence-electron chi connectivity index (χ4n) is 4.20. The molecule has 0 spiro atoms. The van der Waals surface area contributed by atoms with Crippen LogP contribution in [0.1, 0.15) is 32.6 Å². The Morgan fingerprint density at radius 2 is 2.12 bits per heavy atom. The number of carbonyl (C=O) groups is 2. The van der Waals surface area contributed by atoms with E-state index in [0.29, 0.717) is 10.9 Å². The number of thioether (sulfide) groups is 1. The topological polar surface area (TPSA) is 55.4 Å². The summed E-state index contributed by atoms with van der Waals surface area (Å²) in [7, 11) is 0. The van der Waals surface area contributed by atoms with Gasteiger partial charge in [-0.2, -0.15) is 0 Å². The van der Waals surface area contributed by atoms with Gasteiger partial charge in [-0.3, -0.25) is 9.59 Å². The first-order valence-corrected chi connectivity index (χ1v) is 10.2. The van der Waals surface area contributed by atoms with Crippen LogP contribution in [0.3, 0.4) is 0 Å². The lowest BCUT2D eigenvalue weighted by molar-refractivity contribution is -0.146. The minimum absolute atomic E-state index is 0.138. The Kier molecular flexibility index (Phi) is 6.29. The van der Waals surface area contributed by atoms with Gasteiger partial charge in [-0.15, -0.1) is 11.8 Å². The molecule has 25 heavy (non-hydrogen) atoms. The van der Waals surface area contributed by atoms with Crippen molar-refractivity contribution < 1.29 is 14.3 Å². The average molecular weight is 382 g/mol. The standard InChI is InChI=1S/C19H24ClNO3S/c1-12(15-9-13-6-7-14(15)8-13)21-18(22)10-24-19(23)11-25-17-5-3-2-4-16(17)20/h2-5,12-15H,6-11H2,1H3,(H,21,22). The molecule has 1 aromatic carbocycles. The molecule has 2 aliphatic carbocycles. The van der Waals surface area contributed by atoms with E-state index in [-0.39, 0.29) is 24.3 Å². The Labute approximate surface area is 158 Å². The minimum Gasteiger partial charge on any atom is -0.455 e. The number of nitrogens with one attached hydrogen (secondary N) is 1. The SMILES string of the molecule is CC(NC(=O)COC(=O)CSc1ccccc1Cl)C1CC2CCC1C2. The molecule has 4 nitrogen and oxygen atoms in total. The molecule has 2 saturated carbocycles.